The Morgan fingerprint density at radius 2 is 2.21 bits per heavy atom. The number of pyridine rings is 1. The van der Waals surface area contributed by atoms with Gasteiger partial charge in [0.25, 0.3) is 6.43 Å². The monoisotopic (exact) mass is 202 g/mol. The molecule has 6 heteroatoms. The fourth-order valence-corrected chi connectivity index (χ4v) is 1.15. The number of nitrogens with one attached hydrogen (secondary N) is 1. The Balaban J connectivity index is 3.47. The van der Waals surface area contributed by atoms with Crippen LogP contribution in [0.2, 0.25) is 0 Å². The fraction of sp³-hybridized carbons (Fsp3) is 0.250. The molecule has 0 saturated carbocycles. The Labute approximate surface area is 77.7 Å². The highest BCUT2D eigenvalue weighted by Crippen LogP contribution is 2.21. The van der Waals surface area contributed by atoms with Crippen molar-refractivity contribution in [3.8, 4) is 0 Å². The van der Waals surface area contributed by atoms with Gasteiger partial charge in [0.15, 0.2) is 6.29 Å². The number of alkyl halides is 2. The lowest BCUT2D eigenvalue weighted by Crippen LogP contribution is -2.16. The molecule has 0 aliphatic heterocycles. The number of aldehydes is 1. The summed E-state index contributed by atoms with van der Waals surface area (Å²) in [6.07, 6.45) is -2.51. The van der Waals surface area contributed by atoms with Crippen molar-refractivity contribution >= 4 is 6.29 Å². The number of aromatic amines is 1. The lowest BCUT2D eigenvalue weighted by molar-refractivity contribution is 0.111. The number of carbonyl (C=O) groups is 1. The van der Waals surface area contributed by atoms with Gasteiger partial charge in [0.1, 0.15) is 0 Å². The molecule has 0 bridgehead atoms. The number of aromatic nitrogens is 1. The Kier molecular flexibility index (Phi) is 3.08. The van der Waals surface area contributed by atoms with Crippen LogP contribution in [0.1, 0.15) is 28.0 Å². The summed E-state index contributed by atoms with van der Waals surface area (Å²) in [5.74, 6) is 0. The van der Waals surface area contributed by atoms with Crippen LogP contribution < -0.4 is 11.3 Å². The van der Waals surface area contributed by atoms with Gasteiger partial charge in [-0.2, -0.15) is 0 Å². The molecular weight excluding hydrogens is 194 g/mol. The summed E-state index contributed by atoms with van der Waals surface area (Å²) in [7, 11) is 0. The molecule has 14 heavy (non-hydrogen) atoms. The molecule has 3 N–H and O–H groups in total. The maximum atomic E-state index is 12.4. The Morgan fingerprint density at radius 1 is 1.57 bits per heavy atom. The first-order valence-corrected chi connectivity index (χ1v) is 3.79. The van der Waals surface area contributed by atoms with Gasteiger partial charge in [0.05, 0.1) is 5.69 Å². The van der Waals surface area contributed by atoms with Crippen molar-refractivity contribution in [3.63, 3.8) is 0 Å². The van der Waals surface area contributed by atoms with E-state index in [0.29, 0.717) is 6.29 Å². The minimum absolute atomic E-state index is 0.0189. The van der Waals surface area contributed by atoms with Crippen LogP contribution in [-0.2, 0) is 6.54 Å². The van der Waals surface area contributed by atoms with E-state index in [-0.39, 0.29) is 17.8 Å². The molecule has 4 nitrogen and oxygen atoms in total. The summed E-state index contributed by atoms with van der Waals surface area (Å²) in [6.45, 7) is -0.218. The van der Waals surface area contributed by atoms with E-state index in [1.807, 2.05) is 0 Å². The highest BCUT2D eigenvalue weighted by molar-refractivity contribution is 5.74. The molecule has 0 aliphatic rings. The second kappa shape index (κ2) is 4.10. The summed E-state index contributed by atoms with van der Waals surface area (Å²) in [6, 6.07) is 0.750. The van der Waals surface area contributed by atoms with Crippen molar-refractivity contribution in [2.45, 2.75) is 13.0 Å². The van der Waals surface area contributed by atoms with Crippen molar-refractivity contribution in [3.05, 3.63) is 33.2 Å². The van der Waals surface area contributed by atoms with E-state index in [9.17, 15) is 18.4 Å². The van der Waals surface area contributed by atoms with Gasteiger partial charge < -0.3 is 10.7 Å². The standard InChI is InChI=1S/C8H8F2N2O2/c9-8(10)4-1-7(14)12-6(3-13)5(4)2-11/h1,3,8H,2,11H2,(H,12,14). The molecule has 0 atom stereocenters. The van der Waals surface area contributed by atoms with Crippen LogP contribution in [0.5, 0.6) is 0 Å². The Hall–Kier alpha value is -1.56. The second-order valence-corrected chi connectivity index (χ2v) is 2.60. The SMILES string of the molecule is NCc1c(C(F)F)cc(=O)[nH]c1C=O. The van der Waals surface area contributed by atoms with E-state index in [4.69, 9.17) is 5.73 Å². The fourth-order valence-electron chi connectivity index (χ4n) is 1.15. The minimum atomic E-state index is -2.81. The first kappa shape index (κ1) is 10.5. The summed E-state index contributed by atoms with van der Waals surface area (Å²) in [5, 5.41) is 0. The van der Waals surface area contributed by atoms with Gasteiger partial charge in [-0.15, -0.1) is 0 Å². The van der Waals surface area contributed by atoms with Crippen LogP contribution in [0.25, 0.3) is 0 Å². The number of nitrogens with two attached hydrogens (primary N) is 1. The number of H-pyrrole nitrogens is 1. The molecule has 0 amide bonds. The lowest BCUT2D eigenvalue weighted by Gasteiger charge is -2.07. The van der Waals surface area contributed by atoms with E-state index in [1.165, 1.54) is 0 Å². The number of rotatable bonds is 3. The van der Waals surface area contributed by atoms with E-state index in [1.54, 1.807) is 0 Å². The first-order chi connectivity index (χ1) is 6.60. The molecule has 1 rings (SSSR count). The van der Waals surface area contributed by atoms with E-state index >= 15 is 0 Å². The van der Waals surface area contributed by atoms with Gasteiger partial charge in [-0.3, -0.25) is 9.59 Å². The van der Waals surface area contributed by atoms with Crippen LogP contribution in [0.3, 0.4) is 0 Å². The lowest BCUT2D eigenvalue weighted by atomic mass is 10.1. The Morgan fingerprint density at radius 3 is 2.64 bits per heavy atom. The van der Waals surface area contributed by atoms with Gasteiger partial charge in [-0.25, -0.2) is 8.78 Å². The zero-order valence-electron chi connectivity index (χ0n) is 7.09. The third kappa shape index (κ3) is 1.85. The molecule has 0 radical (unpaired) electrons. The van der Waals surface area contributed by atoms with Crippen molar-refractivity contribution in [2.24, 2.45) is 5.73 Å². The van der Waals surface area contributed by atoms with Crippen molar-refractivity contribution in [1.29, 1.82) is 0 Å². The van der Waals surface area contributed by atoms with Crippen molar-refractivity contribution in [1.82, 2.24) is 4.98 Å². The van der Waals surface area contributed by atoms with Crippen LogP contribution in [0.4, 0.5) is 8.78 Å². The smallest absolute Gasteiger partial charge is 0.264 e. The maximum absolute atomic E-state index is 12.4. The molecule has 1 aromatic heterocycles. The summed E-state index contributed by atoms with van der Waals surface area (Å²) in [5.41, 5.74) is 3.77. The predicted molar refractivity (Wildman–Crippen MR) is 45.3 cm³/mol. The van der Waals surface area contributed by atoms with E-state index in [2.05, 4.69) is 4.98 Å². The van der Waals surface area contributed by atoms with Crippen LogP contribution >= 0.6 is 0 Å². The number of hydrogen-bond acceptors (Lipinski definition) is 3. The molecule has 0 aromatic carbocycles. The molecule has 0 aliphatic carbocycles. The van der Waals surface area contributed by atoms with Gasteiger partial charge >= 0.3 is 0 Å². The highest BCUT2D eigenvalue weighted by Gasteiger charge is 2.16. The minimum Gasteiger partial charge on any atom is -0.326 e. The quantitative estimate of drug-likeness (QED) is 0.704. The molecule has 0 spiro atoms. The average molecular weight is 202 g/mol. The molecule has 76 valence electrons. The number of halogens is 2. The predicted octanol–water partition coefficient (Wildman–Crippen LogP) is 0.584. The molecule has 1 aromatic rings. The third-order valence-corrected chi connectivity index (χ3v) is 1.78. The number of carbonyl (C=O) groups excluding carboxylic acids is 1. The zero-order valence-corrected chi connectivity index (χ0v) is 7.09. The van der Waals surface area contributed by atoms with Crippen molar-refractivity contribution < 1.29 is 13.6 Å². The molecule has 0 saturated heterocycles. The molecular formula is C8H8F2N2O2. The number of hydrogen-bond donors (Lipinski definition) is 2. The van der Waals surface area contributed by atoms with Gasteiger partial charge in [-0.05, 0) is 0 Å². The average Bonchev–Trinajstić information content (AvgIpc) is 2.16. The zero-order chi connectivity index (χ0) is 10.7. The summed E-state index contributed by atoms with van der Waals surface area (Å²) < 4.78 is 24.8. The second-order valence-electron chi connectivity index (χ2n) is 2.60. The topological polar surface area (TPSA) is 76.0 Å². The molecule has 0 unspecified atom stereocenters. The largest absolute Gasteiger partial charge is 0.326 e. The normalized spacial score (nSPS) is 10.6. The van der Waals surface area contributed by atoms with E-state index in [0.717, 1.165) is 6.07 Å². The molecule has 1 heterocycles. The van der Waals surface area contributed by atoms with Crippen molar-refractivity contribution in [2.75, 3.05) is 0 Å². The van der Waals surface area contributed by atoms with Crippen LogP contribution in [-0.4, -0.2) is 11.3 Å². The maximum Gasteiger partial charge on any atom is 0.264 e. The highest BCUT2D eigenvalue weighted by atomic mass is 19.3. The van der Waals surface area contributed by atoms with Gasteiger partial charge in [0.2, 0.25) is 5.56 Å². The van der Waals surface area contributed by atoms with Gasteiger partial charge in [-0.1, -0.05) is 0 Å². The summed E-state index contributed by atoms with van der Waals surface area (Å²) in [4.78, 5) is 23.4. The summed E-state index contributed by atoms with van der Waals surface area (Å²) >= 11 is 0. The molecule has 0 fully saturated rings. The third-order valence-electron chi connectivity index (χ3n) is 1.78. The Bertz CT molecular complexity index is 401. The van der Waals surface area contributed by atoms with E-state index < -0.39 is 17.5 Å². The van der Waals surface area contributed by atoms with Crippen LogP contribution in [0, 0.1) is 0 Å². The van der Waals surface area contributed by atoms with Crippen LogP contribution in [0.15, 0.2) is 10.9 Å². The van der Waals surface area contributed by atoms with Gasteiger partial charge in [0, 0.05) is 23.7 Å². The first-order valence-electron chi connectivity index (χ1n) is 3.79.